The second kappa shape index (κ2) is 10.4. The van der Waals surface area contributed by atoms with Crippen LogP contribution in [-0.2, 0) is 4.79 Å². The zero-order valence-corrected chi connectivity index (χ0v) is 17.9. The molecule has 0 atom stereocenters. The second-order valence-electron chi connectivity index (χ2n) is 6.67. The maximum Gasteiger partial charge on any atom is 0.272 e. The average Bonchev–Trinajstić information content (AvgIpc) is 2.79. The van der Waals surface area contributed by atoms with Crippen molar-refractivity contribution in [3.63, 3.8) is 0 Å². The zero-order chi connectivity index (χ0) is 24.0. The Hall–Kier alpha value is -4.24. The molecule has 3 aromatic rings. The molecular weight excluding hydrogens is 453 g/mol. The van der Waals surface area contributed by atoms with Gasteiger partial charge in [0.25, 0.3) is 17.5 Å². The van der Waals surface area contributed by atoms with Gasteiger partial charge in [0, 0.05) is 17.8 Å². The maximum absolute atomic E-state index is 13.3. The molecule has 0 aliphatic carbocycles. The summed E-state index contributed by atoms with van der Waals surface area (Å²) in [6.45, 7) is 0. The number of nitrogens with zero attached hydrogens (tertiary/aromatic N) is 1. The number of amides is 2. The van der Waals surface area contributed by atoms with E-state index in [1.54, 1.807) is 24.3 Å². The lowest BCUT2D eigenvalue weighted by Crippen LogP contribution is -2.31. The first kappa shape index (κ1) is 23.4. The molecule has 0 saturated heterocycles. The van der Waals surface area contributed by atoms with Gasteiger partial charge in [-0.3, -0.25) is 19.7 Å². The molecule has 10 heteroatoms. The fourth-order valence-corrected chi connectivity index (χ4v) is 3.04. The molecule has 168 valence electrons. The van der Waals surface area contributed by atoms with Gasteiger partial charge in [0.05, 0.1) is 22.6 Å². The predicted molar refractivity (Wildman–Crippen MR) is 122 cm³/mol. The Labute approximate surface area is 192 Å². The molecule has 0 spiro atoms. The number of carbonyl (C=O) groups is 2. The smallest absolute Gasteiger partial charge is 0.272 e. The van der Waals surface area contributed by atoms with Gasteiger partial charge in [-0.05, 0) is 54.1 Å². The van der Waals surface area contributed by atoms with Crippen LogP contribution in [0.2, 0.25) is 5.02 Å². The number of nitrogens with one attached hydrogen (secondary N) is 2. The molecule has 2 N–H and O–H groups in total. The average molecular weight is 470 g/mol. The molecule has 3 aromatic carbocycles. The van der Waals surface area contributed by atoms with Gasteiger partial charge < -0.3 is 15.4 Å². The molecule has 0 fully saturated rings. The van der Waals surface area contributed by atoms with Crippen LogP contribution in [0.25, 0.3) is 6.08 Å². The van der Waals surface area contributed by atoms with Crippen molar-refractivity contribution in [3.05, 3.63) is 105 Å². The van der Waals surface area contributed by atoms with E-state index in [4.69, 9.17) is 16.3 Å². The van der Waals surface area contributed by atoms with Crippen LogP contribution in [0.5, 0.6) is 5.75 Å². The molecule has 0 unspecified atom stereocenters. The summed E-state index contributed by atoms with van der Waals surface area (Å²) in [4.78, 5) is 36.2. The highest BCUT2D eigenvalue weighted by Gasteiger charge is 2.18. The van der Waals surface area contributed by atoms with Gasteiger partial charge in [-0.2, -0.15) is 0 Å². The summed E-state index contributed by atoms with van der Waals surface area (Å²) in [7, 11) is 1.50. The molecule has 3 rings (SSSR count). The minimum atomic E-state index is -0.762. The van der Waals surface area contributed by atoms with Crippen LogP contribution < -0.4 is 15.4 Å². The number of nitro groups is 1. The highest BCUT2D eigenvalue weighted by atomic mass is 35.5. The number of halogens is 2. The van der Waals surface area contributed by atoms with E-state index in [1.807, 2.05) is 0 Å². The summed E-state index contributed by atoms with van der Waals surface area (Å²) in [6.07, 6.45) is 1.28. The monoisotopic (exact) mass is 469 g/mol. The summed E-state index contributed by atoms with van der Waals surface area (Å²) >= 11 is 5.95. The van der Waals surface area contributed by atoms with Crippen LogP contribution in [0, 0.1) is 15.9 Å². The molecule has 0 aromatic heterocycles. The summed E-state index contributed by atoms with van der Waals surface area (Å²) in [6, 6.07) is 15.2. The van der Waals surface area contributed by atoms with Gasteiger partial charge in [0.1, 0.15) is 17.3 Å². The normalized spacial score (nSPS) is 10.9. The molecule has 0 aliphatic heterocycles. The highest BCUT2D eigenvalue weighted by molar-refractivity contribution is 6.34. The van der Waals surface area contributed by atoms with Crippen molar-refractivity contribution < 1.29 is 23.6 Å². The van der Waals surface area contributed by atoms with Gasteiger partial charge in [-0.1, -0.05) is 23.7 Å². The Kier molecular flexibility index (Phi) is 7.37. The van der Waals surface area contributed by atoms with Crippen LogP contribution >= 0.6 is 11.6 Å². The van der Waals surface area contributed by atoms with Crippen LogP contribution in [0.4, 0.5) is 15.8 Å². The van der Waals surface area contributed by atoms with Crippen LogP contribution in [-0.4, -0.2) is 23.8 Å². The maximum atomic E-state index is 13.3. The fourth-order valence-electron chi connectivity index (χ4n) is 2.79. The molecule has 0 heterocycles. The number of anilines is 1. The summed E-state index contributed by atoms with van der Waals surface area (Å²) in [5.74, 6) is -1.50. The Morgan fingerprint density at radius 2 is 1.82 bits per heavy atom. The van der Waals surface area contributed by atoms with Crippen molar-refractivity contribution in [1.29, 1.82) is 0 Å². The van der Waals surface area contributed by atoms with Crippen molar-refractivity contribution in [2.24, 2.45) is 0 Å². The van der Waals surface area contributed by atoms with E-state index in [0.717, 1.165) is 12.1 Å². The van der Waals surface area contributed by atoms with Crippen molar-refractivity contribution >= 4 is 40.9 Å². The van der Waals surface area contributed by atoms with Crippen molar-refractivity contribution in [2.45, 2.75) is 0 Å². The number of methoxy groups -OCH3 is 1. The van der Waals surface area contributed by atoms with E-state index >= 15 is 0 Å². The number of hydrogen-bond donors (Lipinski definition) is 2. The first-order valence-electron chi connectivity index (χ1n) is 9.45. The molecule has 0 bridgehead atoms. The summed E-state index contributed by atoms with van der Waals surface area (Å²) < 4.78 is 18.4. The Bertz CT molecular complexity index is 1250. The molecular formula is C23H17ClFN3O5. The Morgan fingerprint density at radius 3 is 2.45 bits per heavy atom. The number of hydrogen-bond acceptors (Lipinski definition) is 5. The molecule has 2 amide bonds. The standard InChI is InChI=1S/C23H17ClFN3O5/c1-33-18-8-6-16(7-9-18)26-23(30)21(12-14-3-2-4-17(11-14)28(31)32)27-22(29)19-10-5-15(25)13-20(19)24/h2-13H,1H3,(H,26,30)(H,27,29). The predicted octanol–water partition coefficient (Wildman–Crippen LogP) is 4.81. The third-order valence-corrected chi connectivity index (χ3v) is 4.72. The Balaban J connectivity index is 1.94. The van der Waals surface area contributed by atoms with Crippen LogP contribution in [0.15, 0.2) is 72.4 Å². The number of non-ortho nitro benzene ring substituents is 1. The van der Waals surface area contributed by atoms with E-state index in [0.29, 0.717) is 17.0 Å². The fraction of sp³-hybridized carbons (Fsp3) is 0.0435. The van der Waals surface area contributed by atoms with E-state index in [-0.39, 0.29) is 22.0 Å². The van der Waals surface area contributed by atoms with E-state index in [2.05, 4.69) is 10.6 Å². The van der Waals surface area contributed by atoms with Gasteiger partial charge in [-0.15, -0.1) is 0 Å². The quantitative estimate of drug-likeness (QED) is 0.293. The first-order chi connectivity index (χ1) is 15.8. The van der Waals surface area contributed by atoms with Crippen molar-refractivity contribution in [3.8, 4) is 5.75 Å². The minimum Gasteiger partial charge on any atom is -0.497 e. The topological polar surface area (TPSA) is 111 Å². The molecule has 0 saturated carbocycles. The lowest BCUT2D eigenvalue weighted by molar-refractivity contribution is -0.384. The van der Waals surface area contributed by atoms with Gasteiger partial charge in [-0.25, -0.2) is 4.39 Å². The van der Waals surface area contributed by atoms with Gasteiger partial charge >= 0.3 is 0 Å². The SMILES string of the molecule is COc1ccc(NC(=O)C(=Cc2cccc([N+](=O)[O-])c2)NC(=O)c2ccc(F)cc2Cl)cc1. The largest absolute Gasteiger partial charge is 0.497 e. The molecule has 0 radical (unpaired) electrons. The number of benzene rings is 3. The Morgan fingerprint density at radius 1 is 1.09 bits per heavy atom. The van der Waals surface area contributed by atoms with Crippen molar-refractivity contribution in [2.75, 3.05) is 12.4 Å². The number of nitro benzene ring substituents is 1. The number of ether oxygens (including phenoxy) is 1. The summed E-state index contributed by atoms with van der Waals surface area (Å²) in [5, 5.41) is 16.0. The molecule has 8 nitrogen and oxygen atoms in total. The highest BCUT2D eigenvalue weighted by Crippen LogP contribution is 2.20. The van der Waals surface area contributed by atoms with E-state index in [9.17, 15) is 24.1 Å². The number of rotatable bonds is 7. The summed E-state index contributed by atoms with van der Waals surface area (Å²) in [5.41, 5.74) is 0.262. The second-order valence-corrected chi connectivity index (χ2v) is 7.08. The third kappa shape index (κ3) is 6.14. The number of carbonyl (C=O) groups excluding carboxylic acids is 2. The van der Waals surface area contributed by atoms with Crippen LogP contribution in [0.3, 0.4) is 0 Å². The van der Waals surface area contributed by atoms with E-state index < -0.39 is 22.6 Å². The van der Waals surface area contributed by atoms with Crippen LogP contribution in [0.1, 0.15) is 15.9 Å². The molecule has 33 heavy (non-hydrogen) atoms. The van der Waals surface area contributed by atoms with E-state index in [1.165, 1.54) is 43.5 Å². The zero-order valence-electron chi connectivity index (χ0n) is 17.2. The third-order valence-electron chi connectivity index (χ3n) is 4.41. The first-order valence-corrected chi connectivity index (χ1v) is 9.82. The molecule has 0 aliphatic rings. The minimum absolute atomic E-state index is 0.0553. The lowest BCUT2D eigenvalue weighted by atomic mass is 10.1. The lowest BCUT2D eigenvalue weighted by Gasteiger charge is -2.12. The van der Waals surface area contributed by atoms with Crippen molar-refractivity contribution in [1.82, 2.24) is 5.32 Å². The van der Waals surface area contributed by atoms with Gasteiger partial charge in [0.2, 0.25) is 0 Å². The van der Waals surface area contributed by atoms with Gasteiger partial charge in [0.15, 0.2) is 0 Å².